The zero-order valence-electron chi connectivity index (χ0n) is 16.5. The molecule has 156 valence electrons. The van der Waals surface area contributed by atoms with Gasteiger partial charge in [-0.25, -0.2) is 0 Å². The highest BCUT2D eigenvalue weighted by Crippen LogP contribution is 2.41. The summed E-state index contributed by atoms with van der Waals surface area (Å²) < 4.78 is 16.5. The lowest BCUT2D eigenvalue weighted by Gasteiger charge is -2.10. The molecule has 0 amide bonds. The number of ether oxygens (including phenoxy) is 2. The van der Waals surface area contributed by atoms with E-state index in [1.165, 1.54) is 18.2 Å². The van der Waals surface area contributed by atoms with Gasteiger partial charge in [0.05, 0.1) is 29.4 Å². The molecular weight excluding hydrogens is 400 g/mol. The minimum absolute atomic E-state index is 0.0173. The molecule has 31 heavy (non-hydrogen) atoms. The molecule has 0 atom stereocenters. The van der Waals surface area contributed by atoms with E-state index < -0.39 is 4.92 Å². The van der Waals surface area contributed by atoms with Crippen molar-refractivity contribution >= 4 is 5.69 Å². The first kappa shape index (κ1) is 20.0. The van der Waals surface area contributed by atoms with Crippen LogP contribution in [0.15, 0.2) is 77.4 Å². The van der Waals surface area contributed by atoms with E-state index in [-0.39, 0.29) is 18.0 Å². The van der Waals surface area contributed by atoms with E-state index in [0.717, 1.165) is 11.1 Å². The normalized spacial score (nSPS) is 10.6. The van der Waals surface area contributed by atoms with E-state index in [2.05, 4.69) is 5.16 Å². The van der Waals surface area contributed by atoms with Crippen LogP contribution in [-0.2, 0) is 6.61 Å². The van der Waals surface area contributed by atoms with Crippen LogP contribution in [0.25, 0.3) is 22.5 Å². The quantitative estimate of drug-likeness (QED) is 0.324. The maximum absolute atomic E-state index is 10.7. The van der Waals surface area contributed by atoms with Crippen LogP contribution < -0.4 is 9.47 Å². The molecule has 1 aromatic heterocycles. The van der Waals surface area contributed by atoms with Crippen LogP contribution in [0.3, 0.4) is 0 Å². The van der Waals surface area contributed by atoms with Gasteiger partial charge in [-0.2, -0.15) is 0 Å². The van der Waals surface area contributed by atoms with E-state index in [9.17, 15) is 15.2 Å². The molecule has 8 nitrogen and oxygen atoms in total. The minimum Gasteiger partial charge on any atom is -0.507 e. The highest BCUT2D eigenvalue weighted by molar-refractivity contribution is 5.84. The van der Waals surface area contributed by atoms with Crippen LogP contribution in [0.4, 0.5) is 5.69 Å². The third-order valence-electron chi connectivity index (χ3n) is 4.73. The van der Waals surface area contributed by atoms with Crippen molar-refractivity contribution in [3.05, 3.63) is 88.6 Å². The number of benzene rings is 3. The second-order valence-corrected chi connectivity index (χ2v) is 6.66. The first-order valence-corrected chi connectivity index (χ1v) is 9.34. The first-order chi connectivity index (χ1) is 15.1. The number of rotatable bonds is 7. The Kier molecular flexibility index (Phi) is 5.53. The van der Waals surface area contributed by atoms with E-state index in [1.807, 2.05) is 24.3 Å². The van der Waals surface area contributed by atoms with Gasteiger partial charge in [-0.05, 0) is 35.9 Å². The number of nitrogens with zero attached hydrogens (tertiary/aromatic N) is 2. The molecule has 3 aromatic carbocycles. The van der Waals surface area contributed by atoms with Crippen LogP contribution in [0.1, 0.15) is 5.56 Å². The zero-order chi connectivity index (χ0) is 21.8. The van der Waals surface area contributed by atoms with Crippen LogP contribution in [-0.4, -0.2) is 22.3 Å². The molecule has 0 radical (unpaired) electrons. The van der Waals surface area contributed by atoms with Crippen molar-refractivity contribution in [2.24, 2.45) is 0 Å². The molecule has 0 saturated heterocycles. The summed E-state index contributed by atoms with van der Waals surface area (Å²) in [4.78, 5) is 10.3. The highest BCUT2D eigenvalue weighted by atomic mass is 16.6. The van der Waals surface area contributed by atoms with Crippen LogP contribution in [0.2, 0.25) is 0 Å². The smallest absolute Gasteiger partial charge is 0.269 e. The third-order valence-corrected chi connectivity index (χ3v) is 4.73. The van der Waals surface area contributed by atoms with E-state index in [4.69, 9.17) is 14.0 Å². The Balaban J connectivity index is 1.55. The highest BCUT2D eigenvalue weighted by Gasteiger charge is 2.19. The number of methoxy groups -OCH3 is 1. The summed E-state index contributed by atoms with van der Waals surface area (Å²) in [6.07, 6.45) is 1.58. The van der Waals surface area contributed by atoms with Gasteiger partial charge in [0.1, 0.15) is 23.9 Å². The predicted molar refractivity (Wildman–Crippen MR) is 113 cm³/mol. The molecule has 0 saturated carbocycles. The van der Waals surface area contributed by atoms with Crippen LogP contribution in [0, 0.1) is 10.1 Å². The summed E-state index contributed by atoms with van der Waals surface area (Å²) in [6, 6.07) is 18.4. The monoisotopic (exact) mass is 418 g/mol. The Morgan fingerprint density at radius 1 is 1.03 bits per heavy atom. The summed E-state index contributed by atoms with van der Waals surface area (Å²) >= 11 is 0. The lowest BCUT2D eigenvalue weighted by molar-refractivity contribution is -0.384. The Hall–Kier alpha value is -4.33. The number of phenols is 1. The molecular formula is C23H18N2O6. The average molecular weight is 418 g/mol. The molecule has 0 aliphatic carbocycles. The first-order valence-electron chi connectivity index (χ1n) is 9.34. The molecule has 4 aromatic rings. The average Bonchev–Trinajstić information content (AvgIpc) is 3.27. The second-order valence-electron chi connectivity index (χ2n) is 6.66. The largest absolute Gasteiger partial charge is 0.507 e. The molecule has 1 heterocycles. The van der Waals surface area contributed by atoms with E-state index in [0.29, 0.717) is 28.4 Å². The lowest BCUT2D eigenvalue weighted by atomic mass is 10.0. The molecule has 8 heteroatoms. The van der Waals surface area contributed by atoms with Gasteiger partial charge in [-0.1, -0.05) is 23.4 Å². The van der Waals surface area contributed by atoms with E-state index >= 15 is 0 Å². The van der Waals surface area contributed by atoms with Crippen molar-refractivity contribution in [2.45, 2.75) is 6.61 Å². The van der Waals surface area contributed by atoms with Gasteiger partial charge >= 0.3 is 0 Å². The van der Waals surface area contributed by atoms with Crippen LogP contribution >= 0.6 is 0 Å². The number of para-hydroxylation sites is 1. The molecule has 1 N–H and O–H groups in total. The number of phenolic OH excluding ortho intramolecular Hbond substituents is 1. The summed E-state index contributed by atoms with van der Waals surface area (Å²) in [6.45, 7) is 0.200. The van der Waals surface area contributed by atoms with Gasteiger partial charge in [-0.15, -0.1) is 0 Å². The van der Waals surface area contributed by atoms with Gasteiger partial charge < -0.3 is 19.1 Å². The third kappa shape index (κ3) is 4.18. The van der Waals surface area contributed by atoms with Crippen molar-refractivity contribution < 1.29 is 24.0 Å². The summed E-state index contributed by atoms with van der Waals surface area (Å²) in [5.74, 6) is 1.48. The predicted octanol–water partition coefficient (Wildman–Crippen LogP) is 5.21. The fraction of sp³-hybridized carbons (Fsp3) is 0.0870. The number of non-ortho nitro benzene ring substituents is 1. The van der Waals surface area contributed by atoms with Gasteiger partial charge in [0, 0.05) is 23.8 Å². The van der Waals surface area contributed by atoms with Crippen LogP contribution in [0.5, 0.6) is 17.2 Å². The fourth-order valence-electron chi connectivity index (χ4n) is 3.17. The zero-order valence-corrected chi connectivity index (χ0v) is 16.5. The van der Waals surface area contributed by atoms with Crippen molar-refractivity contribution in [1.29, 1.82) is 0 Å². The molecule has 0 fully saturated rings. The number of nitro benzene ring substituents is 1. The van der Waals surface area contributed by atoms with Gasteiger partial charge in [0.2, 0.25) is 0 Å². The topological polar surface area (TPSA) is 108 Å². The van der Waals surface area contributed by atoms with Crippen molar-refractivity contribution in [3.8, 4) is 39.7 Å². The number of hydrogen-bond donors (Lipinski definition) is 1. The Labute approximate surface area is 177 Å². The summed E-state index contributed by atoms with van der Waals surface area (Å²) in [5.41, 5.74) is 2.72. The Bertz CT molecular complexity index is 1220. The second kappa shape index (κ2) is 8.58. The number of hydrogen-bond acceptors (Lipinski definition) is 7. The summed E-state index contributed by atoms with van der Waals surface area (Å²) in [7, 11) is 1.58. The minimum atomic E-state index is -0.454. The van der Waals surface area contributed by atoms with Crippen molar-refractivity contribution in [2.75, 3.05) is 7.11 Å². The molecule has 0 aliphatic heterocycles. The summed E-state index contributed by atoms with van der Waals surface area (Å²) in [5, 5.41) is 25.2. The SMILES string of the molecule is COc1ccccc1-c1cnoc1-c1ccc(OCc2ccc([N+](=O)[O-])cc2)cc1O. The maximum atomic E-state index is 10.7. The Morgan fingerprint density at radius 3 is 2.52 bits per heavy atom. The fourth-order valence-corrected chi connectivity index (χ4v) is 3.17. The molecule has 0 unspecified atom stereocenters. The Morgan fingerprint density at radius 2 is 1.81 bits per heavy atom. The molecule has 0 spiro atoms. The molecule has 0 aliphatic rings. The standard InChI is InChI=1S/C23H18N2O6/c1-29-22-5-3-2-4-18(22)20-13-24-31-23(20)19-11-10-17(12-21(19)26)30-14-15-6-8-16(9-7-15)25(27)28/h2-13,26H,14H2,1H3. The maximum Gasteiger partial charge on any atom is 0.269 e. The number of aromatic nitrogens is 1. The molecule has 4 rings (SSSR count). The number of aromatic hydroxyl groups is 1. The molecule has 0 bridgehead atoms. The van der Waals surface area contributed by atoms with Gasteiger partial charge in [0.25, 0.3) is 5.69 Å². The lowest BCUT2D eigenvalue weighted by Crippen LogP contribution is -1.96. The van der Waals surface area contributed by atoms with Crippen molar-refractivity contribution in [1.82, 2.24) is 5.16 Å². The van der Waals surface area contributed by atoms with Crippen molar-refractivity contribution in [3.63, 3.8) is 0 Å². The number of nitro groups is 1. The van der Waals surface area contributed by atoms with Gasteiger partial charge in [0.15, 0.2) is 5.76 Å². The van der Waals surface area contributed by atoms with E-state index in [1.54, 1.807) is 37.6 Å². The van der Waals surface area contributed by atoms with Gasteiger partial charge in [-0.3, -0.25) is 10.1 Å².